The third-order valence-electron chi connectivity index (χ3n) is 5.12. The van der Waals surface area contributed by atoms with Gasteiger partial charge in [-0.3, -0.25) is 14.9 Å². The smallest absolute Gasteiger partial charge is 0.331 e. The summed E-state index contributed by atoms with van der Waals surface area (Å²) in [6.07, 6.45) is 4.78. The molecular weight excluding hydrogens is 388 g/mol. The summed E-state index contributed by atoms with van der Waals surface area (Å²) in [5.74, 6) is -0.971. The minimum absolute atomic E-state index is 0.0703. The second-order valence-electron chi connectivity index (χ2n) is 7.25. The lowest BCUT2D eigenvalue weighted by molar-refractivity contribution is -0.384. The van der Waals surface area contributed by atoms with Gasteiger partial charge in [0.15, 0.2) is 6.61 Å². The Morgan fingerprint density at radius 1 is 1.33 bits per heavy atom. The number of carbonyl (C=O) groups is 2. The molecule has 3 rings (SSSR count). The molecule has 1 aromatic heterocycles. The zero-order valence-electron chi connectivity index (χ0n) is 17.0. The summed E-state index contributed by atoms with van der Waals surface area (Å²) in [5.41, 5.74) is 2.74. The molecule has 1 aliphatic rings. The highest BCUT2D eigenvalue weighted by Crippen LogP contribution is 2.21. The van der Waals surface area contributed by atoms with Crippen LogP contribution in [0.1, 0.15) is 40.2 Å². The van der Waals surface area contributed by atoms with E-state index in [1.165, 1.54) is 24.3 Å². The molecule has 1 aliphatic heterocycles. The van der Waals surface area contributed by atoms with Crippen LogP contribution in [0.2, 0.25) is 0 Å². The predicted molar refractivity (Wildman–Crippen MR) is 110 cm³/mol. The first-order valence-electron chi connectivity index (χ1n) is 9.76. The number of esters is 1. The van der Waals surface area contributed by atoms with E-state index in [0.29, 0.717) is 17.7 Å². The van der Waals surface area contributed by atoms with Gasteiger partial charge in [0.1, 0.15) is 0 Å². The summed E-state index contributed by atoms with van der Waals surface area (Å²) in [5, 5.41) is 10.8. The summed E-state index contributed by atoms with van der Waals surface area (Å²) in [4.78, 5) is 34.8. The molecule has 2 aromatic rings. The van der Waals surface area contributed by atoms with Crippen LogP contribution in [0.5, 0.6) is 0 Å². The molecule has 0 spiro atoms. The molecule has 0 radical (unpaired) electrons. The van der Waals surface area contributed by atoms with Crippen LogP contribution in [0.4, 0.5) is 5.69 Å². The van der Waals surface area contributed by atoms with E-state index in [1.807, 2.05) is 13.8 Å². The number of nitro groups is 1. The van der Waals surface area contributed by atoms with E-state index in [9.17, 15) is 19.7 Å². The fraction of sp³-hybridized carbons (Fsp3) is 0.364. The van der Waals surface area contributed by atoms with Crippen LogP contribution in [0.25, 0.3) is 6.08 Å². The number of hydrogen-bond donors (Lipinski definition) is 0. The highest BCUT2D eigenvalue weighted by atomic mass is 16.6. The summed E-state index contributed by atoms with van der Waals surface area (Å²) in [6.45, 7) is 4.92. The van der Waals surface area contributed by atoms with Gasteiger partial charge in [-0.05, 0) is 44.4 Å². The van der Waals surface area contributed by atoms with Crippen molar-refractivity contribution in [3.8, 4) is 0 Å². The number of ether oxygens (including phenoxy) is 2. The number of rotatable bonds is 8. The van der Waals surface area contributed by atoms with Crippen molar-refractivity contribution in [1.82, 2.24) is 4.57 Å². The number of benzene rings is 1. The van der Waals surface area contributed by atoms with Crippen LogP contribution >= 0.6 is 0 Å². The maximum absolute atomic E-state index is 12.5. The van der Waals surface area contributed by atoms with Gasteiger partial charge in [-0.2, -0.15) is 0 Å². The van der Waals surface area contributed by atoms with Crippen LogP contribution in [-0.2, 0) is 20.8 Å². The van der Waals surface area contributed by atoms with E-state index in [0.717, 1.165) is 36.9 Å². The molecular formula is C22H24N2O6. The Labute approximate surface area is 174 Å². The number of non-ortho nitro benzene ring substituents is 1. The average Bonchev–Trinajstić information content (AvgIpc) is 3.34. The molecule has 158 valence electrons. The lowest BCUT2D eigenvalue weighted by atomic mass is 10.1. The standard InChI is InChI=1S/C22H24N2O6/c1-15-11-20(16(2)23(15)13-19-7-4-10-29-19)21(25)14-30-22(26)9-8-17-5-3-6-18(12-17)24(27)28/h3,5-6,8-9,11-12,19H,4,7,10,13-14H2,1-2H3/b9-8+. The van der Waals surface area contributed by atoms with Crippen LogP contribution in [-0.4, -0.2) is 40.6 Å². The lowest BCUT2D eigenvalue weighted by Crippen LogP contribution is -2.18. The molecule has 0 N–H and O–H groups in total. The third kappa shape index (κ3) is 5.21. The summed E-state index contributed by atoms with van der Waals surface area (Å²) >= 11 is 0. The second-order valence-corrected chi connectivity index (χ2v) is 7.25. The fourth-order valence-corrected chi connectivity index (χ4v) is 3.53. The van der Waals surface area contributed by atoms with E-state index < -0.39 is 10.9 Å². The SMILES string of the molecule is Cc1cc(C(=O)COC(=O)/C=C/c2cccc([N+](=O)[O-])c2)c(C)n1CC1CCCO1. The van der Waals surface area contributed by atoms with E-state index in [4.69, 9.17) is 9.47 Å². The summed E-state index contributed by atoms with van der Waals surface area (Å²) < 4.78 is 12.8. The van der Waals surface area contributed by atoms with Crippen molar-refractivity contribution in [3.63, 3.8) is 0 Å². The minimum atomic E-state index is -0.692. The van der Waals surface area contributed by atoms with Crippen LogP contribution < -0.4 is 0 Å². The van der Waals surface area contributed by atoms with Gasteiger partial charge in [0.2, 0.25) is 5.78 Å². The number of aryl methyl sites for hydroxylation is 1. The number of ketones is 1. The molecule has 0 saturated carbocycles. The van der Waals surface area contributed by atoms with Crippen molar-refractivity contribution >= 4 is 23.5 Å². The molecule has 1 atom stereocenters. The molecule has 30 heavy (non-hydrogen) atoms. The molecule has 8 nitrogen and oxygen atoms in total. The number of carbonyl (C=O) groups excluding carboxylic acids is 2. The molecule has 1 saturated heterocycles. The third-order valence-corrected chi connectivity index (χ3v) is 5.12. The zero-order valence-corrected chi connectivity index (χ0v) is 17.0. The van der Waals surface area contributed by atoms with Gasteiger partial charge in [0, 0.05) is 48.3 Å². The molecule has 0 bridgehead atoms. The topological polar surface area (TPSA) is 101 Å². The van der Waals surface area contributed by atoms with Crippen LogP contribution in [0, 0.1) is 24.0 Å². The van der Waals surface area contributed by atoms with Gasteiger partial charge in [-0.15, -0.1) is 0 Å². The lowest BCUT2D eigenvalue weighted by Gasteiger charge is -2.14. The van der Waals surface area contributed by atoms with Crippen molar-refractivity contribution < 1.29 is 24.0 Å². The Kier molecular flexibility index (Phi) is 6.79. The zero-order chi connectivity index (χ0) is 21.7. The second kappa shape index (κ2) is 9.49. The number of nitrogens with zero attached hydrogens (tertiary/aromatic N) is 2. The first kappa shape index (κ1) is 21.4. The minimum Gasteiger partial charge on any atom is -0.454 e. The normalized spacial score (nSPS) is 16.1. The van der Waals surface area contributed by atoms with Crippen molar-refractivity contribution in [1.29, 1.82) is 0 Å². The molecule has 0 amide bonds. The monoisotopic (exact) mass is 412 g/mol. The van der Waals surface area contributed by atoms with Crippen LogP contribution in [0.3, 0.4) is 0 Å². The molecule has 1 unspecified atom stereocenters. The van der Waals surface area contributed by atoms with Gasteiger partial charge in [0.05, 0.1) is 11.0 Å². The van der Waals surface area contributed by atoms with Gasteiger partial charge < -0.3 is 14.0 Å². The Morgan fingerprint density at radius 3 is 2.83 bits per heavy atom. The number of hydrogen-bond acceptors (Lipinski definition) is 6. The molecule has 1 fully saturated rings. The Hall–Kier alpha value is -3.26. The van der Waals surface area contributed by atoms with E-state index >= 15 is 0 Å². The fourth-order valence-electron chi connectivity index (χ4n) is 3.53. The largest absolute Gasteiger partial charge is 0.454 e. The highest BCUT2D eigenvalue weighted by molar-refractivity contribution is 6.00. The molecule has 0 aliphatic carbocycles. The maximum atomic E-state index is 12.5. The average molecular weight is 412 g/mol. The molecule has 8 heteroatoms. The maximum Gasteiger partial charge on any atom is 0.331 e. The van der Waals surface area contributed by atoms with E-state index in [-0.39, 0.29) is 24.2 Å². The van der Waals surface area contributed by atoms with Crippen molar-refractivity contribution in [2.24, 2.45) is 0 Å². The van der Waals surface area contributed by atoms with Gasteiger partial charge in [0.25, 0.3) is 5.69 Å². The Morgan fingerprint density at radius 2 is 2.13 bits per heavy atom. The van der Waals surface area contributed by atoms with Crippen molar-refractivity contribution in [2.45, 2.75) is 39.3 Å². The Balaban J connectivity index is 1.58. The van der Waals surface area contributed by atoms with Crippen molar-refractivity contribution in [2.75, 3.05) is 13.2 Å². The van der Waals surface area contributed by atoms with Gasteiger partial charge in [-0.25, -0.2) is 4.79 Å². The quantitative estimate of drug-likeness (QED) is 0.216. The molecule has 2 heterocycles. The van der Waals surface area contributed by atoms with Gasteiger partial charge in [-0.1, -0.05) is 12.1 Å². The number of aromatic nitrogens is 1. The first-order valence-corrected chi connectivity index (χ1v) is 9.76. The van der Waals surface area contributed by atoms with E-state index in [1.54, 1.807) is 12.1 Å². The van der Waals surface area contributed by atoms with Crippen LogP contribution in [0.15, 0.2) is 36.4 Å². The van der Waals surface area contributed by atoms with E-state index in [2.05, 4.69) is 4.57 Å². The highest BCUT2D eigenvalue weighted by Gasteiger charge is 2.21. The van der Waals surface area contributed by atoms with Gasteiger partial charge >= 0.3 is 5.97 Å². The summed E-state index contributed by atoms with van der Waals surface area (Å²) in [6, 6.07) is 7.67. The Bertz CT molecular complexity index is 986. The number of Topliss-reactive ketones (excluding diaryl/α,β-unsaturated/α-hetero) is 1. The summed E-state index contributed by atoms with van der Waals surface area (Å²) in [7, 11) is 0. The number of nitro benzene ring substituents is 1. The first-order chi connectivity index (χ1) is 14.3. The van der Waals surface area contributed by atoms with Crippen molar-refractivity contribution in [3.05, 3.63) is 69.0 Å². The predicted octanol–water partition coefficient (Wildman–Crippen LogP) is 3.63. The molecule has 1 aromatic carbocycles.